The lowest BCUT2D eigenvalue weighted by molar-refractivity contribution is -0.556. The largest absolute Gasteiger partial charge is 0.455 e. The van der Waals surface area contributed by atoms with Crippen molar-refractivity contribution in [3.05, 3.63) is 126 Å². The lowest BCUT2D eigenvalue weighted by atomic mass is 9.88. The zero-order valence-corrected chi connectivity index (χ0v) is 28.6. The van der Waals surface area contributed by atoms with Crippen molar-refractivity contribution in [1.29, 1.82) is 0 Å². The van der Waals surface area contributed by atoms with E-state index in [0.717, 1.165) is 63.8 Å². The maximum Gasteiger partial charge on any atom is 0.304 e. The van der Waals surface area contributed by atoms with E-state index in [1.54, 1.807) is 0 Å². The molecule has 0 saturated heterocycles. The molecule has 0 aliphatic rings. The van der Waals surface area contributed by atoms with Gasteiger partial charge in [0.25, 0.3) is 0 Å². The first-order valence-corrected chi connectivity index (χ1v) is 17.2. The summed E-state index contributed by atoms with van der Waals surface area (Å²) in [7, 11) is 0. The molecule has 5 aromatic carbocycles. The van der Waals surface area contributed by atoms with Crippen molar-refractivity contribution in [2.45, 2.75) is 72.6 Å². The molecule has 0 aliphatic heterocycles. The normalized spacial score (nSPS) is 11.9. The molecule has 47 heavy (non-hydrogen) atoms. The number of rotatable bonds is 9. The second kappa shape index (κ2) is 12.4. The number of hydrogen-bond donors (Lipinski definition) is 0. The second-order valence-corrected chi connectivity index (χ2v) is 13.4. The van der Waals surface area contributed by atoms with E-state index < -0.39 is 0 Å². The number of para-hydroxylation sites is 3. The van der Waals surface area contributed by atoms with Gasteiger partial charge in [-0.1, -0.05) is 127 Å². The molecule has 7 rings (SSSR count). The quantitative estimate of drug-likeness (QED) is 0.148. The van der Waals surface area contributed by atoms with Crippen molar-refractivity contribution in [2.24, 2.45) is 0 Å². The summed E-state index contributed by atoms with van der Waals surface area (Å²) >= 11 is 0. The number of fused-ring (bicyclic) bond motifs is 4. The first-order chi connectivity index (χ1) is 22.8. The number of aryl methyl sites for hydroxylation is 1. The van der Waals surface area contributed by atoms with Crippen LogP contribution in [0.5, 0.6) is 0 Å². The van der Waals surface area contributed by atoms with Crippen molar-refractivity contribution in [2.75, 3.05) is 0 Å². The fraction of sp³-hybridized carbons (Fsp3) is 0.250. The van der Waals surface area contributed by atoms with Crippen LogP contribution in [-0.4, -0.2) is 4.57 Å². The highest BCUT2D eigenvalue weighted by Gasteiger charge is 2.36. The van der Waals surface area contributed by atoms with E-state index in [1.165, 1.54) is 39.0 Å². The topological polar surface area (TPSA) is 21.9 Å². The molecule has 3 nitrogen and oxygen atoms in total. The summed E-state index contributed by atoms with van der Waals surface area (Å²) in [6.45, 7) is 18.4. The predicted octanol–water partition coefficient (Wildman–Crippen LogP) is 12.2. The Bertz CT molecular complexity index is 2230. The third kappa shape index (κ3) is 5.09. The Hall–Kier alpha value is -4.89. The lowest BCUT2D eigenvalue weighted by Gasteiger charge is -2.21. The first kappa shape index (κ1) is 30.7. The number of benzene rings is 5. The van der Waals surface area contributed by atoms with Crippen molar-refractivity contribution in [3.8, 4) is 28.2 Å². The van der Waals surface area contributed by atoms with Crippen molar-refractivity contribution < 1.29 is 8.98 Å². The molecule has 0 radical (unpaired) electrons. The molecule has 0 spiro atoms. The van der Waals surface area contributed by atoms with Crippen LogP contribution in [0.3, 0.4) is 0 Å². The summed E-state index contributed by atoms with van der Waals surface area (Å²) in [4.78, 5) is 0. The molecule has 0 N–H and O–H groups in total. The third-order valence-electron chi connectivity index (χ3n) is 9.63. The van der Waals surface area contributed by atoms with Crippen LogP contribution in [0.15, 0.2) is 114 Å². The van der Waals surface area contributed by atoms with Gasteiger partial charge in [0.1, 0.15) is 22.5 Å². The average molecular weight is 618 g/mol. The summed E-state index contributed by atoms with van der Waals surface area (Å²) in [6.07, 6.45) is 2.81. The van der Waals surface area contributed by atoms with Crippen molar-refractivity contribution >= 4 is 38.7 Å². The van der Waals surface area contributed by atoms with Gasteiger partial charge in [-0.05, 0) is 65.3 Å². The molecule has 7 aromatic rings. The lowest BCUT2D eigenvalue weighted by Crippen LogP contribution is -2.36. The molecule has 0 bridgehead atoms. The fourth-order valence-electron chi connectivity index (χ4n) is 7.27. The Morgan fingerprint density at radius 1 is 0.745 bits per heavy atom. The molecule has 0 aliphatic carbocycles. The van der Waals surface area contributed by atoms with Gasteiger partial charge >= 0.3 is 5.82 Å². The molecular formula is C44H45N2O+. The monoisotopic (exact) mass is 617 g/mol. The number of furan rings is 1. The van der Waals surface area contributed by atoms with Gasteiger partial charge in [-0.2, -0.15) is 9.13 Å². The van der Waals surface area contributed by atoms with Crippen molar-refractivity contribution in [3.63, 3.8) is 0 Å². The van der Waals surface area contributed by atoms with E-state index in [1.807, 2.05) is 0 Å². The maximum atomic E-state index is 6.86. The number of imidazole rings is 1. The van der Waals surface area contributed by atoms with Crippen LogP contribution in [0.2, 0.25) is 0 Å². The van der Waals surface area contributed by atoms with Crippen LogP contribution in [0.25, 0.3) is 66.9 Å². The Morgan fingerprint density at radius 2 is 1.40 bits per heavy atom. The Kier molecular flexibility index (Phi) is 8.09. The van der Waals surface area contributed by atoms with Gasteiger partial charge in [0.05, 0.1) is 0 Å². The average Bonchev–Trinajstić information content (AvgIpc) is 3.63. The molecule has 0 fully saturated rings. The summed E-state index contributed by atoms with van der Waals surface area (Å²) in [5.74, 6) is 1.70. The summed E-state index contributed by atoms with van der Waals surface area (Å²) in [5.41, 5.74) is 14.1. The third-order valence-corrected chi connectivity index (χ3v) is 9.63. The minimum absolute atomic E-state index is 0.292. The van der Waals surface area contributed by atoms with Gasteiger partial charge in [-0.25, -0.2) is 0 Å². The summed E-state index contributed by atoms with van der Waals surface area (Å²) in [5, 5.41) is 2.29. The van der Waals surface area contributed by atoms with Gasteiger partial charge < -0.3 is 4.42 Å². The number of aromatic nitrogens is 2. The summed E-state index contributed by atoms with van der Waals surface area (Å²) < 4.78 is 11.8. The number of allylic oxidation sites excluding steroid dienone is 1. The molecule has 0 unspecified atom stereocenters. The first-order valence-electron chi connectivity index (χ1n) is 17.2. The molecule has 0 saturated carbocycles. The van der Waals surface area contributed by atoms with Crippen LogP contribution >= 0.6 is 0 Å². The highest BCUT2D eigenvalue weighted by molar-refractivity contribution is 6.10. The van der Waals surface area contributed by atoms with Crippen molar-refractivity contribution in [1.82, 2.24) is 4.57 Å². The molecule has 2 heterocycles. The predicted molar refractivity (Wildman–Crippen MR) is 199 cm³/mol. The number of nitrogens with zero attached hydrogens (tertiary/aromatic N) is 2. The van der Waals surface area contributed by atoms with Crippen LogP contribution in [-0.2, 0) is 6.42 Å². The smallest absolute Gasteiger partial charge is 0.304 e. The molecule has 236 valence electrons. The highest BCUT2D eigenvalue weighted by atomic mass is 16.3. The minimum Gasteiger partial charge on any atom is -0.455 e. The minimum atomic E-state index is 0.292. The zero-order valence-electron chi connectivity index (χ0n) is 28.6. The Morgan fingerprint density at radius 3 is 2.09 bits per heavy atom. The van der Waals surface area contributed by atoms with E-state index in [9.17, 15) is 0 Å². The van der Waals surface area contributed by atoms with E-state index in [4.69, 9.17) is 4.42 Å². The fourth-order valence-corrected chi connectivity index (χ4v) is 7.27. The molecule has 2 aromatic heterocycles. The molecule has 0 amide bonds. The maximum absolute atomic E-state index is 6.86. The van der Waals surface area contributed by atoms with E-state index in [-0.39, 0.29) is 0 Å². The summed E-state index contributed by atoms with van der Waals surface area (Å²) in [6, 6.07) is 37.5. The number of hydrogen-bond acceptors (Lipinski definition) is 1. The van der Waals surface area contributed by atoms with Crippen LogP contribution in [0, 0.1) is 0 Å². The van der Waals surface area contributed by atoms with E-state index in [2.05, 4.69) is 160 Å². The van der Waals surface area contributed by atoms with E-state index >= 15 is 0 Å². The SMILES string of the molecule is C=C(CC)n1c(-c2c(CCC)ccc3c2oc2ccccc23)[n+](-c2c(C(C)C)cc(-c3ccccc3)cc2C(C)C)c2ccccc21. The van der Waals surface area contributed by atoms with Crippen LogP contribution in [0.4, 0.5) is 0 Å². The van der Waals surface area contributed by atoms with Gasteiger partial charge in [0, 0.05) is 28.3 Å². The highest BCUT2D eigenvalue weighted by Crippen LogP contribution is 2.42. The molecule has 0 atom stereocenters. The van der Waals surface area contributed by atoms with Crippen LogP contribution in [0.1, 0.15) is 82.9 Å². The Labute approximate surface area is 278 Å². The zero-order chi connectivity index (χ0) is 32.8. The molecular weight excluding hydrogens is 572 g/mol. The van der Waals surface area contributed by atoms with Gasteiger partial charge in [-0.3, -0.25) is 0 Å². The molecule has 3 heteroatoms. The standard InChI is InChI=1S/C44H45N2O/c1-8-17-32-24-25-35-34-20-13-16-23-40(34)47-43(35)41(32)44-45(30(7)9-2)38-21-14-15-22-39(38)46(44)42-36(28(3)4)26-33(27-37(42)29(5)6)31-18-11-10-12-19-31/h10-16,18-29H,7-9,17H2,1-6H3/q+1. The van der Waals surface area contributed by atoms with Gasteiger partial charge in [0.15, 0.2) is 16.6 Å². The van der Waals surface area contributed by atoms with Gasteiger partial charge in [-0.15, -0.1) is 0 Å². The van der Waals surface area contributed by atoms with Gasteiger partial charge in [0.2, 0.25) is 0 Å². The van der Waals surface area contributed by atoms with Crippen LogP contribution < -0.4 is 4.57 Å². The second-order valence-electron chi connectivity index (χ2n) is 13.4. The Balaban J connectivity index is 1.71. The van der Waals surface area contributed by atoms with E-state index in [0.29, 0.717) is 11.8 Å².